The average molecular weight is 280 g/mol. The van der Waals surface area contributed by atoms with E-state index in [4.69, 9.17) is 11.6 Å². The van der Waals surface area contributed by atoms with Crippen molar-refractivity contribution in [2.45, 2.75) is 20.4 Å². The number of rotatable bonds is 4. The minimum Gasteiger partial charge on any atom is -0.481 e. The van der Waals surface area contributed by atoms with E-state index in [2.05, 4.69) is 0 Å². The summed E-state index contributed by atoms with van der Waals surface area (Å²) in [6.45, 7) is 3.56. The van der Waals surface area contributed by atoms with Crippen molar-refractivity contribution in [2.24, 2.45) is 5.41 Å². The maximum atomic E-state index is 11.2. The number of fused-ring (bicyclic) bond motifs is 1. The summed E-state index contributed by atoms with van der Waals surface area (Å²) in [5.74, 6) is -0.885. The van der Waals surface area contributed by atoms with Gasteiger partial charge in [0.2, 0.25) is 0 Å². The van der Waals surface area contributed by atoms with Crippen LogP contribution in [0.1, 0.15) is 24.2 Å². The average Bonchev–Trinajstić information content (AvgIpc) is 2.66. The molecule has 0 amide bonds. The Kier molecular flexibility index (Phi) is 3.37. The van der Waals surface area contributed by atoms with Crippen LogP contribution in [0.25, 0.3) is 10.9 Å². The van der Waals surface area contributed by atoms with Gasteiger partial charge in [-0.25, -0.2) is 0 Å². The molecule has 5 heteroatoms. The fraction of sp³-hybridized carbons (Fsp3) is 0.286. The number of halogens is 1. The van der Waals surface area contributed by atoms with Crippen molar-refractivity contribution in [3.8, 4) is 0 Å². The maximum absolute atomic E-state index is 11.2. The zero-order valence-corrected chi connectivity index (χ0v) is 11.4. The first-order valence-electron chi connectivity index (χ1n) is 5.82. The van der Waals surface area contributed by atoms with Gasteiger partial charge in [0.15, 0.2) is 6.29 Å². The molecule has 0 unspecified atom stereocenters. The molecular formula is C14H14ClNO3. The lowest BCUT2D eigenvalue weighted by molar-refractivity contribution is -0.147. The lowest BCUT2D eigenvalue weighted by atomic mass is 9.94. The van der Waals surface area contributed by atoms with Crippen LogP contribution in [0.4, 0.5) is 0 Å². The first kappa shape index (κ1) is 13.6. The summed E-state index contributed by atoms with van der Waals surface area (Å²) in [4.78, 5) is 22.3. The van der Waals surface area contributed by atoms with Crippen LogP contribution in [0.5, 0.6) is 0 Å². The minimum absolute atomic E-state index is 0.271. The molecule has 1 aromatic heterocycles. The van der Waals surface area contributed by atoms with Crippen LogP contribution < -0.4 is 0 Å². The number of aldehydes is 1. The van der Waals surface area contributed by atoms with E-state index in [0.717, 1.165) is 17.2 Å². The number of carboxylic acids is 1. The summed E-state index contributed by atoms with van der Waals surface area (Å²) in [6, 6.07) is 5.22. The maximum Gasteiger partial charge on any atom is 0.310 e. The zero-order valence-electron chi connectivity index (χ0n) is 10.7. The van der Waals surface area contributed by atoms with E-state index in [1.807, 2.05) is 0 Å². The summed E-state index contributed by atoms with van der Waals surface area (Å²) >= 11 is 5.96. The molecule has 0 aliphatic heterocycles. The molecule has 0 aliphatic carbocycles. The molecule has 0 saturated carbocycles. The SMILES string of the molecule is CC(C)(Cn1cc(C=O)c2ccc(Cl)cc21)C(=O)O. The van der Waals surface area contributed by atoms with E-state index < -0.39 is 11.4 Å². The number of carbonyl (C=O) groups excluding carboxylic acids is 1. The highest BCUT2D eigenvalue weighted by molar-refractivity contribution is 6.31. The number of benzene rings is 1. The van der Waals surface area contributed by atoms with Crippen LogP contribution in [0.2, 0.25) is 5.02 Å². The summed E-state index contributed by atoms with van der Waals surface area (Å²) < 4.78 is 1.76. The molecule has 1 N–H and O–H groups in total. The molecule has 0 aliphatic rings. The number of hydrogen-bond acceptors (Lipinski definition) is 2. The molecule has 100 valence electrons. The van der Waals surface area contributed by atoms with E-state index in [-0.39, 0.29) is 6.54 Å². The highest BCUT2D eigenvalue weighted by atomic mass is 35.5. The van der Waals surface area contributed by atoms with E-state index in [1.54, 1.807) is 42.8 Å². The summed E-state index contributed by atoms with van der Waals surface area (Å²) in [6.07, 6.45) is 2.43. The molecule has 0 radical (unpaired) electrons. The van der Waals surface area contributed by atoms with Crippen molar-refractivity contribution in [1.29, 1.82) is 0 Å². The quantitative estimate of drug-likeness (QED) is 0.874. The summed E-state index contributed by atoms with van der Waals surface area (Å²) in [7, 11) is 0. The van der Waals surface area contributed by atoms with Gasteiger partial charge < -0.3 is 9.67 Å². The molecule has 2 aromatic rings. The van der Waals surface area contributed by atoms with Gasteiger partial charge in [-0.05, 0) is 26.0 Å². The second-order valence-electron chi connectivity index (χ2n) is 5.18. The van der Waals surface area contributed by atoms with Gasteiger partial charge in [-0.1, -0.05) is 17.7 Å². The Hall–Kier alpha value is -1.81. The lowest BCUT2D eigenvalue weighted by Crippen LogP contribution is -2.28. The van der Waals surface area contributed by atoms with Gasteiger partial charge in [-0.3, -0.25) is 9.59 Å². The summed E-state index contributed by atoms with van der Waals surface area (Å²) in [5.41, 5.74) is 0.380. The molecule has 0 fully saturated rings. The van der Waals surface area contributed by atoms with Gasteiger partial charge in [0.25, 0.3) is 0 Å². The number of hydrogen-bond donors (Lipinski definition) is 1. The van der Waals surface area contributed by atoms with Crippen LogP contribution in [0.3, 0.4) is 0 Å². The van der Waals surface area contributed by atoms with E-state index in [0.29, 0.717) is 10.6 Å². The molecule has 19 heavy (non-hydrogen) atoms. The topological polar surface area (TPSA) is 59.3 Å². The smallest absolute Gasteiger partial charge is 0.310 e. The number of aliphatic carboxylic acids is 1. The van der Waals surface area contributed by atoms with E-state index >= 15 is 0 Å². The van der Waals surface area contributed by atoms with Gasteiger partial charge in [0.1, 0.15) is 0 Å². The molecule has 1 aromatic carbocycles. The standard InChI is InChI=1S/C14H14ClNO3/c1-14(2,13(18)19)8-16-6-9(7-17)11-4-3-10(15)5-12(11)16/h3-7H,8H2,1-2H3,(H,18,19). The van der Waals surface area contributed by atoms with Crippen LogP contribution >= 0.6 is 11.6 Å². The molecule has 4 nitrogen and oxygen atoms in total. The number of nitrogens with zero attached hydrogens (tertiary/aromatic N) is 1. The number of carboxylic acid groups (broad SMARTS) is 1. The van der Waals surface area contributed by atoms with Crippen LogP contribution in [0.15, 0.2) is 24.4 Å². The van der Waals surface area contributed by atoms with Gasteiger partial charge in [-0.2, -0.15) is 0 Å². The molecule has 2 rings (SSSR count). The van der Waals surface area contributed by atoms with Crippen molar-refractivity contribution < 1.29 is 14.7 Å². The zero-order chi connectivity index (χ0) is 14.2. The predicted octanol–water partition coefficient (Wildman–Crippen LogP) is 3.22. The third kappa shape index (κ3) is 2.49. The van der Waals surface area contributed by atoms with Crippen LogP contribution in [-0.4, -0.2) is 21.9 Å². The Balaban J connectivity index is 2.57. The van der Waals surface area contributed by atoms with Gasteiger partial charge in [0, 0.05) is 28.7 Å². The van der Waals surface area contributed by atoms with E-state index in [9.17, 15) is 14.7 Å². The molecule has 0 atom stereocenters. The van der Waals surface area contributed by atoms with E-state index in [1.165, 1.54) is 0 Å². The Morgan fingerprint density at radius 2 is 2.16 bits per heavy atom. The Bertz CT molecular complexity index is 658. The third-order valence-electron chi connectivity index (χ3n) is 3.15. The van der Waals surface area contributed by atoms with Crippen LogP contribution in [-0.2, 0) is 11.3 Å². The predicted molar refractivity (Wildman–Crippen MR) is 73.8 cm³/mol. The molecule has 0 spiro atoms. The third-order valence-corrected chi connectivity index (χ3v) is 3.38. The second kappa shape index (κ2) is 4.70. The highest BCUT2D eigenvalue weighted by Crippen LogP contribution is 2.27. The van der Waals surface area contributed by atoms with Gasteiger partial charge in [0.05, 0.1) is 10.9 Å². The summed E-state index contributed by atoms with van der Waals surface area (Å²) in [5, 5.41) is 10.5. The van der Waals surface area contributed by atoms with Gasteiger partial charge >= 0.3 is 5.97 Å². The largest absolute Gasteiger partial charge is 0.481 e. The monoisotopic (exact) mass is 279 g/mol. The Labute approximate surface area is 115 Å². The van der Waals surface area contributed by atoms with Crippen molar-refractivity contribution in [3.05, 3.63) is 35.0 Å². The van der Waals surface area contributed by atoms with Crippen molar-refractivity contribution in [2.75, 3.05) is 0 Å². The number of aromatic nitrogens is 1. The molecular weight excluding hydrogens is 266 g/mol. The highest BCUT2D eigenvalue weighted by Gasteiger charge is 2.28. The fourth-order valence-corrected chi connectivity index (χ4v) is 2.18. The second-order valence-corrected chi connectivity index (χ2v) is 5.62. The van der Waals surface area contributed by atoms with Crippen molar-refractivity contribution in [1.82, 2.24) is 4.57 Å². The lowest BCUT2D eigenvalue weighted by Gasteiger charge is -2.20. The Morgan fingerprint density at radius 3 is 2.74 bits per heavy atom. The minimum atomic E-state index is -0.922. The first-order valence-corrected chi connectivity index (χ1v) is 6.20. The first-order chi connectivity index (χ1) is 8.85. The van der Waals surface area contributed by atoms with Crippen LogP contribution in [0, 0.1) is 5.41 Å². The van der Waals surface area contributed by atoms with Crippen molar-refractivity contribution in [3.63, 3.8) is 0 Å². The normalized spacial score (nSPS) is 11.7. The fourth-order valence-electron chi connectivity index (χ4n) is 2.01. The molecule has 0 bridgehead atoms. The van der Waals surface area contributed by atoms with Gasteiger partial charge in [-0.15, -0.1) is 0 Å². The Morgan fingerprint density at radius 1 is 1.47 bits per heavy atom. The van der Waals surface area contributed by atoms with Crippen molar-refractivity contribution >= 4 is 34.8 Å². The number of carbonyl (C=O) groups is 2. The molecule has 1 heterocycles. The molecule has 0 saturated heterocycles.